The summed E-state index contributed by atoms with van der Waals surface area (Å²) in [6.45, 7) is 9.90. The molecule has 13 heavy (non-hydrogen) atoms. The summed E-state index contributed by atoms with van der Waals surface area (Å²) < 4.78 is 0.500. The number of allylic oxidation sites excluding steroid dienone is 4. The van der Waals surface area contributed by atoms with Crippen LogP contribution in [-0.4, -0.2) is 11.6 Å². The molecule has 0 atom stereocenters. The quantitative estimate of drug-likeness (QED) is 0.561. The third kappa shape index (κ3) is 3.99. The predicted octanol–water partition coefficient (Wildman–Crippen LogP) is 2.56. The van der Waals surface area contributed by atoms with Crippen molar-refractivity contribution in [2.75, 3.05) is 0 Å². The molecule has 0 saturated carbocycles. The number of hydrogen-bond acceptors (Lipinski definition) is 2. The molecule has 0 bridgehead atoms. The van der Waals surface area contributed by atoms with E-state index in [2.05, 4.69) is 29.1 Å². The largest absolute Gasteiger partial charge is 0.295 e. The van der Waals surface area contributed by atoms with E-state index in [1.807, 2.05) is 0 Å². The Balaban J connectivity index is 4.69. The van der Waals surface area contributed by atoms with Crippen molar-refractivity contribution in [3.05, 3.63) is 34.9 Å². The lowest BCUT2D eigenvalue weighted by Crippen LogP contribution is -1.97. The topological polar surface area (TPSA) is 34.1 Å². The number of hydrogen-bond donors (Lipinski definition) is 0. The molecule has 0 heterocycles. The molecule has 2 nitrogen and oxygen atoms in total. The molecular weight excluding hydrogens is 232 g/mol. The van der Waals surface area contributed by atoms with Gasteiger partial charge in [-0.15, -0.1) is 0 Å². The zero-order chi connectivity index (χ0) is 10.6. The summed E-state index contributed by atoms with van der Waals surface area (Å²) in [5.74, 6) is -0.271. The van der Waals surface area contributed by atoms with Gasteiger partial charge in [0.25, 0.3) is 0 Å². The van der Waals surface area contributed by atoms with Gasteiger partial charge >= 0.3 is 0 Å². The van der Waals surface area contributed by atoms with E-state index >= 15 is 0 Å². The maximum Gasteiger partial charge on any atom is 0.160 e. The van der Waals surface area contributed by atoms with Gasteiger partial charge in [0.1, 0.15) is 0 Å². The maximum absolute atomic E-state index is 10.9. The van der Waals surface area contributed by atoms with Gasteiger partial charge in [-0.3, -0.25) is 9.59 Å². The van der Waals surface area contributed by atoms with Crippen molar-refractivity contribution in [3.8, 4) is 0 Å². The van der Waals surface area contributed by atoms with Crippen LogP contribution in [0.2, 0.25) is 0 Å². The average molecular weight is 243 g/mol. The highest BCUT2D eigenvalue weighted by molar-refractivity contribution is 9.12. The molecule has 0 aromatic carbocycles. The molecular formula is C10H11BrO2. The number of halogens is 1. The number of carbonyl (C=O) groups is 2. The van der Waals surface area contributed by atoms with E-state index in [0.717, 1.165) is 0 Å². The molecule has 0 aromatic heterocycles. The lowest BCUT2D eigenvalue weighted by molar-refractivity contribution is -0.114. The zero-order valence-electron chi connectivity index (χ0n) is 7.69. The normalized spacial score (nSPS) is 10.8. The monoisotopic (exact) mass is 242 g/mol. The first kappa shape index (κ1) is 12.0. The number of ketones is 2. The lowest BCUT2D eigenvalue weighted by atomic mass is 10.1. The van der Waals surface area contributed by atoms with E-state index in [9.17, 15) is 9.59 Å². The molecule has 0 saturated heterocycles. The van der Waals surface area contributed by atoms with Crippen LogP contribution in [0.15, 0.2) is 34.9 Å². The highest BCUT2D eigenvalue weighted by Gasteiger charge is 2.05. The van der Waals surface area contributed by atoms with Gasteiger partial charge in [-0.2, -0.15) is 0 Å². The average Bonchev–Trinajstić information content (AvgIpc) is 2.02. The third-order valence-corrected chi connectivity index (χ3v) is 2.17. The molecule has 0 spiro atoms. The first-order chi connectivity index (χ1) is 5.86. The molecule has 0 rings (SSSR count). The Morgan fingerprint density at radius 2 is 1.62 bits per heavy atom. The van der Waals surface area contributed by atoms with Crippen LogP contribution in [0.5, 0.6) is 0 Å². The van der Waals surface area contributed by atoms with E-state index in [0.29, 0.717) is 15.6 Å². The van der Waals surface area contributed by atoms with Crippen LogP contribution < -0.4 is 0 Å². The fraction of sp³-hybridized carbons (Fsp3) is 0.200. The van der Waals surface area contributed by atoms with Gasteiger partial charge < -0.3 is 0 Å². The summed E-state index contributed by atoms with van der Waals surface area (Å²) in [5.41, 5.74) is 0.677. The molecule has 3 heteroatoms. The van der Waals surface area contributed by atoms with Gasteiger partial charge in [0, 0.05) is 15.6 Å². The van der Waals surface area contributed by atoms with E-state index in [1.54, 1.807) is 0 Å². The van der Waals surface area contributed by atoms with Gasteiger partial charge in [-0.05, 0) is 19.9 Å². The second kappa shape index (κ2) is 4.92. The second-order valence-electron chi connectivity index (χ2n) is 2.61. The molecule has 70 valence electrons. The van der Waals surface area contributed by atoms with Crippen LogP contribution in [0, 0.1) is 0 Å². The van der Waals surface area contributed by atoms with E-state index in [4.69, 9.17) is 0 Å². The molecule has 0 amide bonds. The minimum atomic E-state index is -0.139. The van der Waals surface area contributed by atoms with Crippen molar-refractivity contribution in [3.63, 3.8) is 0 Å². The molecule has 0 aliphatic heterocycles. The van der Waals surface area contributed by atoms with Crippen LogP contribution >= 0.6 is 15.9 Å². The first-order valence-corrected chi connectivity index (χ1v) is 4.42. The highest BCUT2D eigenvalue weighted by atomic mass is 79.9. The highest BCUT2D eigenvalue weighted by Crippen LogP contribution is 2.18. The fourth-order valence-corrected chi connectivity index (χ4v) is 1.07. The van der Waals surface area contributed by atoms with Crippen molar-refractivity contribution >= 4 is 27.5 Å². The van der Waals surface area contributed by atoms with Crippen LogP contribution in [0.4, 0.5) is 0 Å². The Hall–Kier alpha value is -0.960. The zero-order valence-corrected chi connectivity index (χ0v) is 9.27. The van der Waals surface area contributed by atoms with Crippen molar-refractivity contribution in [2.45, 2.75) is 13.8 Å². The van der Waals surface area contributed by atoms with Crippen LogP contribution in [0.3, 0.4) is 0 Å². The second-order valence-corrected chi connectivity index (χ2v) is 3.46. The Labute approximate surface area is 86.1 Å². The summed E-state index contributed by atoms with van der Waals surface area (Å²) in [7, 11) is 0. The van der Waals surface area contributed by atoms with E-state index < -0.39 is 0 Å². The minimum Gasteiger partial charge on any atom is -0.295 e. The summed E-state index contributed by atoms with van der Waals surface area (Å²) in [4.78, 5) is 21.6. The van der Waals surface area contributed by atoms with E-state index in [-0.39, 0.29) is 11.6 Å². The Kier molecular flexibility index (Phi) is 4.56. The Morgan fingerprint density at radius 1 is 1.15 bits per heavy atom. The lowest BCUT2D eigenvalue weighted by Gasteiger charge is -1.99. The molecule has 0 N–H and O–H groups in total. The summed E-state index contributed by atoms with van der Waals surface area (Å²) in [5, 5.41) is 0. The standard InChI is InChI=1S/C10H11BrO2/c1-6(8(3)12)5-10(11)7(2)9(4)13/h5H,1-2H2,3-4H3. The number of Topliss-reactive ketones (excluding diaryl/α,β-unsaturated/α-hetero) is 2. The minimum absolute atomic E-state index is 0.131. The van der Waals surface area contributed by atoms with Gasteiger partial charge in [-0.25, -0.2) is 0 Å². The van der Waals surface area contributed by atoms with Crippen LogP contribution in [-0.2, 0) is 9.59 Å². The summed E-state index contributed by atoms with van der Waals surface area (Å²) in [6.07, 6.45) is 1.49. The van der Waals surface area contributed by atoms with Crippen molar-refractivity contribution in [1.29, 1.82) is 0 Å². The van der Waals surface area contributed by atoms with Crippen LogP contribution in [0.25, 0.3) is 0 Å². The van der Waals surface area contributed by atoms with Crippen molar-refractivity contribution in [1.82, 2.24) is 0 Å². The Bertz CT molecular complexity index is 311. The Morgan fingerprint density at radius 3 is 1.92 bits per heavy atom. The van der Waals surface area contributed by atoms with Gasteiger partial charge in [0.05, 0.1) is 0 Å². The van der Waals surface area contributed by atoms with E-state index in [1.165, 1.54) is 19.9 Å². The predicted molar refractivity (Wildman–Crippen MR) is 56.7 cm³/mol. The van der Waals surface area contributed by atoms with Gasteiger partial charge in [0.2, 0.25) is 0 Å². The van der Waals surface area contributed by atoms with Crippen LogP contribution in [0.1, 0.15) is 13.8 Å². The first-order valence-electron chi connectivity index (χ1n) is 3.63. The molecule has 0 aromatic rings. The van der Waals surface area contributed by atoms with Gasteiger partial charge in [-0.1, -0.05) is 29.1 Å². The smallest absolute Gasteiger partial charge is 0.160 e. The number of rotatable bonds is 4. The summed E-state index contributed by atoms with van der Waals surface area (Å²) in [6, 6.07) is 0. The SMILES string of the molecule is C=C(C=C(Br)C(=C)C(C)=O)C(C)=O. The molecule has 0 aliphatic rings. The summed E-state index contributed by atoms with van der Waals surface area (Å²) >= 11 is 3.14. The molecule has 0 radical (unpaired) electrons. The maximum atomic E-state index is 10.9. The van der Waals surface area contributed by atoms with Crippen molar-refractivity contribution < 1.29 is 9.59 Å². The molecule has 0 aliphatic carbocycles. The fourth-order valence-electron chi connectivity index (χ4n) is 0.510. The van der Waals surface area contributed by atoms with Gasteiger partial charge in [0.15, 0.2) is 11.6 Å². The van der Waals surface area contributed by atoms with Crippen molar-refractivity contribution in [2.24, 2.45) is 0 Å². The number of carbonyl (C=O) groups excluding carboxylic acids is 2. The third-order valence-electron chi connectivity index (χ3n) is 1.47. The molecule has 0 unspecified atom stereocenters. The molecule has 0 fully saturated rings.